The second kappa shape index (κ2) is 6.92. The Kier molecular flexibility index (Phi) is 4.30. The predicted octanol–water partition coefficient (Wildman–Crippen LogP) is 3.89. The zero-order valence-electron chi connectivity index (χ0n) is 14.9. The van der Waals surface area contributed by atoms with E-state index < -0.39 is 0 Å². The number of aldehydes is 1. The number of fused-ring (bicyclic) bond motifs is 1. The van der Waals surface area contributed by atoms with E-state index in [1.54, 1.807) is 24.8 Å². The van der Waals surface area contributed by atoms with E-state index >= 15 is 0 Å². The molecule has 6 heteroatoms. The smallest absolute Gasteiger partial charge is 0.168 e. The highest BCUT2D eigenvalue weighted by Crippen LogP contribution is 2.33. The topological polar surface area (TPSA) is 65.7 Å². The highest BCUT2D eigenvalue weighted by atomic mass is 16.5. The minimum Gasteiger partial charge on any atom is -0.493 e. The first-order chi connectivity index (χ1) is 13.2. The lowest BCUT2D eigenvalue weighted by Gasteiger charge is -2.11. The Bertz CT molecular complexity index is 1120. The third-order valence-corrected chi connectivity index (χ3v) is 4.32. The molecule has 2 aromatic heterocycles. The summed E-state index contributed by atoms with van der Waals surface area (Å²) in [6.45, 7) is 0. The maximum absolute atomic E-state index is 11.4. The average Bonchev–Trinajstić information content (AvgIpc) is 3.17. The summed E-state index contributed by atoms with van der Waals surface area (Å²) < 4.78 is 12.4. The highest BCUT2D eigenvalue weighted by Gasteiger charge is 2.14. The molecule has 0 aliphatic rings. The molecule has 0 fully saturated rings. The fraction of sp³-hybridized carbons (Fsp3) is 0.0952. The number of ether oxygens (including phenoxy) is 2. The van der Waals surface area contributed by atoms with E-state index in [1.165, 1.54) is 0 Å². The third-order valence-electron chi connectivity index (χ3n) is 4.32. The van der Waals surface area contributed by atoms with E-state index in [0.29, 0.717) is 22.8 Å². The van der Waals surface area contributed by atoms with Gasteiger partial charge in [0.05, 0.1) is 25.6 Å². The van der Waals surface area contributed by atoms with Gasteiger partial charge in [0.2, 0.25) is 0 Å². The van der Waals surface area contributed by atoms with Gasteiger partial charge in [0.1, 0.15) is 5.69 Å². The van der Waals surface area contributed by atoms with E-state index in [-0.39, 0.29) is 0 Å². The average molecular weight is 359 g/mol. The lowest BCUT2D eigenvalue weighted by atomic mass is 10.1. The Hall–Kier alpha value is -3.67. The molecule has 0 atom stereocenters. The number of nitrogens with zero attached hydrogens (tertiary/aromatic N) is 3. The van der Waals surface area contributed by atoms with Crippen molar-refractivity contribution < 1.29 is 14.3 Å². The van der Waals surface area contributed by atoms with E-state index in [0.717, 1.165) is 28.8 Å². The molecule has 0 aliphatic carbocycles. The molecule has 0 N–H and O–H groups in total. The predicted molar refractivity (Wildman–Crippen MR) is 102 cm³/mol. The molecule has 2 aromatic carbocycles. The fourth-order valence-electron chi connectivity index (χ4n) is 3.01. The maximum atomic E-state index is 11.4. The van der Waals surface area contributed by atoms with Crippen molar-refractivity contribution in [3.05, 3.63) is 66.4 Å². The van der Waals surface area contributed by atoms with Crippen molar-refractivity contribution in [3.8, 4) is 34.0 Å². The lowest BCUT2D eigenvalue weighted by molar-refractivity contribution is 0.111. The molecule has 4 rings (SSSR count). The van der Waals surface area contributed by atoms with Gasteiger partial charge < -0.3 is 9.47 Å². The Labute approximate surface area is 156 Å². The normalized spacial score (nSPS) is 10.7. The van der Waals surface area contributed by atoms with Crippen molar-refractivity contribution in [2.24, 2.45) is 0 Å². The number of benzene rings is 2. The van der Waals surface area contributed by atoms with Crippen LogP contribution >= 0.6 is 0 Å². The molecule has 4 aromatic rings. The number of hydrogen-bond donors (Lipinski definition) is 0. The monoisotopic (exact) mass is 359 g/mol. The fourth-order valence-corrected chi connectivity index (χ4v) is 3.01. The number of carbonyl (C=O) groups is 1. The summed E-state index contributed by atoms with van der Waals surface area (Å²) in [5.74, 6) is 1.23. The molecule has 134 valence electrons. The van der Waals surface area contributed by atoms with Gasteiger partial charge in [-0.1, -0.05) is 30.3 Å². The van der Waals surface area contributed by atoms with Gasteiger partial charge >= 0.3 is 0 Å². The van der Waals surface area contributed by atoms with Crippen LogP contribution in [-0.4, -0.2) is 35.1 Å². The summed E-state index contributed by atoms with van der Waals surface area (Å²) in [4.78, 5) is 15.8. The molecule has 0 saturated heterocycles. The van der Waals surface area contributed by atoms with Crippen molar-refractivity contribution in [3.63, 3.8) is 0 Å². The first-order valence-corrected chi connectivity index (χ1v) is 8.37. The molecule has 0 saturated carbocycles. The molecule has 0 unspecified atom stereocenters. The number of aromatic nitrogens is 3. The van der Waals surface area contributed by atoms with Gasteiger partial charge in [0.25, 0.3) is 0 Å². The lowest BCUT2D eigenvalue weighted by Crippen LogP contribution is -2.00. The largest absolute Gasteiger partial charge is 0.493 e. The summed E-state index contributed by atoms with van der Waals surface area (Å²) >= 11 is 0. The van der Waals surface area contributed by atoms with Crippen molar-refractivity contribution in [1.82, 2.24) is 14.6 Å². The van der Waals surface area contributed by atoms with Crippen molar-refractivity contribution >= 4 is 11.9 Å². The van der Waals surface area contributed by atoms with E-state index in [2.05, 4.69) is 4.98 Å². The van der Waals surface area contributed by atoms with Crippen LogP contribution in [0.4, 0.5) is 0 Å². The molecule has 2 heterocycles. The second-order valence-corrected chi connectivity index (χ2v) is 5.92. The summed E-state index contributed by atoms with van der Waals surface area (Å²) in [5.41, 5.74) is 4.29. The number of carbonyl (C=O) groups excluding carboxylic acids is 1. The van der Waals surface area contributed by atoms with Crippen LogP contribution in [0.25, 0.3) is 28.2 Å². The highest BCUT2D eigenvalue weighted by molar-refractivity contribution is 5.78. The molecule has 0 bridgehead atoms. The first-order valence-electron chi connectivity index (χ1n) is 8.37. The van der Waals surface area contributed by atoms with Gasteiger partial charge in [0.15, 0.2) is 23.4 Å². The van der Waals surface area contributed by atoms with Gasteiger partial charge in [-0.2, -0.15) is 5.10 Å². The second-order valence-electron chi connectivity index (χ2n) is 5.92. The molecule has 0 amide bonds. The van der Waals surface area contributed by atoms with Gasteiger partial charge in [0, 0.05) is 17.2 Å². The Morgan fingerprint density at radius 2 is 1.67 bits per heavy atom. The zero-order chi connectivity index (χ0) is 18.8. The van der Waals surface area contributed by atoms with Gasteiger partial charge in [-0.05, 0) is 24.3 Å². The van der Waals surface area contributed by atoms with Crippen LogP contribution in [0.5, 0.6) is 11.5 Å². The molecule has 0 radical (unpaired) electrons. The molecular weight excluding hydrogens is 342 g/mol. The van der Waals surface area contributed by atoms with Gasteiger partial charge in [-0.3, -0.25) is 4.79 Å². The number of hydrogen-bond acceptors (Lipinski definition) is 5. The molecule has 27 heavy (non-hydrogen) atoms. The number of methoxy groups -OCH3 is 2. The van der Waals surface area contributed by atoms with Gasteiger partial charge in [-0.15, -0.1) is 0 Å². The van der Waals surface area contributed by atoms with Crippen LogP contribution in [-0.2, 0) is 0 Å². The Balaban J connectivity index is 1.94. The van der Waals surface area contributed by atoms with Crippen LogP contribution in [0.3, 0.4) is 0 Å². The maximum Gasteiger partial charge on any atom is 0.168 e. The summed E-state index contributed by atoms with van der Waals surface area (Å²) in [6.07, 6.45) is 0.736. The first kappa shape index (κ1) is 16.8. The van der Waals surface area contributed by atoms with Crippen molar-refractivity contribution in [1.29, 1.82) is 0 Å². The van der Waals surface area contributed by atoms with Crippen molar-refractivity contribution in [2.45, 2.75) is 0 Å². The minimum absolute atomic E-state index is 0.340. The van der Waals surface area contributed by atoms with Crippen LogP contribution in [0, 0.1) is 0 Å². The van der Waals surface area contributed by atoms with Crippen molar-refractivity contribution in [2.75, 3.05) is 14.2 Å². The molecule has 0 aliphatic heterocycles. The van der Waals surface area contributed by atoms with E-state index in [1.807, 2.05) is 54.6 Å². The standard InChI is InChI=1S/C21H17N3O3/c1-26-19-9-8-15(10-20(19)27-2)18-11-16(13-25)22-21-12-17(23-24(18)21)14-6-4-3-5-7-14/h3-13H,1-2H3. The summed E-state index contributed by atoms with van der Waals surface area (Å²) in [6, 6.07) is 19.0. The molecule has 6 nitrogen and oxygen atoms in total. The zero-order valence-corrected chi connectivity index (χ0v) is 14.9. The summed E-state index contributed by atoms with van der Waals surface area (Å²) in [7, 11) is 3.17. The quantitative estimate of drug-likeness (QED) is 0.506. The Morgan fingerprint density at radius 3 is 2.37 bits per heavy atom. The Morgan fingerprint density at radius 1 is 0.889 bits per heavy atom. The van der Waals surface area contributed by atoms with E-state index in [4.69, 9.17) is 14.6 Å². The van der Waals surface area contributed by atoms with E-state index in [9.17, 15) is 4.79 Å². The van der Waals surface area contributed by atoms with Gasteiger partial charge in [-0.25, -0.2) is 9.50 Å². The van der Waals surface area contributed by atoms with Crippen LogP contribution in [0.15, 0.2) is 60.7 Å². The third kappa shape index (κ3) is 3.01. The van der Waals surface area contributed by atoms with Crippen LogP contribution in [0.1, 0.15) is 10.5 Å². The minimum atomic E-state index is 0.340. The van der Waals surface area contributed by atoms with Crippen LogP contribution < -0.4 is 9.47 Å². The summed E-state index contributed by atoms with van der Waals surface area (Å²) in [5, 5.41) is 4.70. The van der Waals surface area contributed by atoms with Crippen LogP contribution in [0.2, 0.25) is 0 Å². The molecular formula is C21H17N3O3. The number of rotatable bonds is 5. The molecule has 0 spiro atoms. The SMILES string of the molecule is COc1ccc(-c2cc(C=O)nc3cc(-c4ccccc4)nn23)cc1OC.